The molecule has 0 aliphatic carbocycles. The largest absolute Gasteiger partial charge is 0.444 e. The van der Waals surface area contributed by atoms with Crippen LogP contribution in [0, 0.1) is 0 Å². The molecule has 0 saturated carbocycles. The summed E-state index contributed by atoms with van der Waals surface area (Å²) in [7, 11) is 0. The number of ether oxygens (including phenoxy) is 2. The van der Waals surface area contributed by atoms with Crippen molar-refractivity contribution in [3.63, 3.8) is 0 Å². The molecule has 1 aromatic rings. The molecule has 0 radical (unpaired) electrons. The first-order valence-electron chi connectivity index (χ1n) is 9.43. The minimum Gasteiger partial charge on any atom is -0.444 e. The zero-order chi connectivity index (χ0) is 18.6. The average molecular weight is 362 g/mol. The van der Waals surface area contributed by atoms with E-state index in [0.29, 0.717) is 32.9 Å². The third-order valence-corrected chi connectivity index (χ3v) is 4.63. The summed E-state index contributed by atoms with van der Waals surface area (Å²) in [4.78, 5) is 20.2. The summed E-state index contributed by atoms with van der Waals surface area (Å²) in [5.41, 5.74) is 0.788. The van der Waals surface area contributed by atoms with Gasteiger partial charge in [0.15, 0.2) is 0 Å². The Balaban J connectivity index is 1.64. The van der Waals surface area contributed by atoms with Crippen molar-refractivity contribution in [2.24, 2.45) is 0 Å². The van der Waals surface area contributed by atoms with Crippen LogP contribution in [-0.4, -0.2) is 66.7 Å². The Morgan fingerprint density at radius 2 is 2.00 bits per heavy atom. The number of benzene rings is 1. The molecule has 2 saturated heterocycles. The Hall–Kier alpha value is -1.63. The minimum absolute atomic E-state index is 0.142. The number of hydroxylamine groups is 2. The highest BCUT2D eigenvalue weighted by atomic mass is 16.7. The normalized spacial score (nSPS) is 25.1. The second kappa shape index (κ2) is 8.37. The van der Waals surface area contributed by atoms with Crippen LogP contribution < -0.4 is 0 Å². The van der Waals surface area contributed by atoms with Gasteiger partial charge in [0, 0.05) is 13.1 Å². The maximum Gasteiger partial charge on any atom is 0.410 e. The molecule has 0 N–H and O–H groups in total. The highest BCUT2D eigenvalue weighted by Crippen LogP contribution is 2.24. The quantitative estimate of drug-likeness (QED) is 0.828. The Labute approximate surface area is 156 Å². The van der Waals surface area contributed by atoms with E-state index in [2.05, 4.69) is 29.3 Å². The van der Waals surface area contributed by atoms with Crippen LogP contribution in [0.5, 0.6) is 0 Å². The third kappa shape index (κ3) is 5.19. The predicted octanol–water partition coefficient (Wildman–Crippen LogP) is 2.87. The molecular weight excluding hydrogens is 332 g/mol. The topological polar surface area (TPSA) is 51.2 Å². The lowest BCUT2D eigenvalue weighted by Crippen LogP contribution is -2.47. The minimum atomic E-state index is -0.474. The maximum atomic E-state index is 12.3. The summed E-state index contributed by atoms with van der Waals surface area (Å²) in [6.07, 6.45) is 1.50. The highest BCUT2D eigenvalue weighted by molar-refractivity contribution is 5.68. The standard InChI is InChI=1S/C20H30N2O4/c1-20(2,3)26-19(23)21-10-9-17(14-21)22-18(15-24-11-12-25-22)13-16-7-5-4-6-8-16/h4-8,17-18H,9-15H2,1-3H3. The van der Waals surface area contributed by atoms with Gasteiger partial charge in [-0.1, -0.05) is 30.3 Å². The Morgan fingerprint density at radius 1 is 1.23 bits per heavy atom. The first-order chi connectivity index (χ1) is 12.4. The van der Waals surface area contributed by atoms with Gasteiger partial charge in [0.1, 0.15) is 5.60 Å². The molecule has 6 heteroatoms. The molecule has 26 heavy (non-hydrogen) atoms. The van der Waals surface area contributed by atoms with Crippen LogP contribution in [0.1, 0.15) is 32.8 Å². The van der Waals surface area contributed by atoms with E-state index < -0.39 is 5.60 Å². The van der Waals surface area contributed by atoms with E-state index >= 15 is 0 Å². The van der Waals surface area contributed by atoms with Crippen molar-refractivity contribution in [2.45, 2.75) is 51.3 Å². The summed E-state index contributed by atoms with van der Waals surface area (Å²) in [5, 5.41) is 2.07. The molecule has 2 heterocycles. The van der Waals surface area contributed by atoms with Crippen LogP contribution in [0.2, 0.25) is 0 Å². The van der Waals surface area contributed by atoms with Gasteiger partial charge in [0.25, 0.3) is 0 Å². The number of carbonyl (C=O) groups excluding carboxylic acids is 1. The molecule has 3 rings (SSSR count). The molecule has 2 atom stereocenters. The van der Waals surface area contributed by atoms with Crippen LogP contribution in [0.25, 0.3) is 0 Å². The van der Waals surface area contributed by atoms with Crippen molar-refractivity contribution in [2.75, 3.05) is 32.9 Å². The molecule has 0 bridgehead atoms. The predicted molar refractivity (Wildman–Crippen MR) is 98.8 cm³/mol. The van der Waals surface area contributed by atoms with Gasteiger partial charge in [0.05, 0.1) is 31.9 Å². The summed E-state index contributed by atoms with van der Waals surface area (Å²) < 4.78 is 11.2. The zero-order valence-electron chi connectivity index (χ0n) is 16.0. The Bertz CT molecular complexity index is 587. The number of likely N-dealkylation sites (tertiary alicyclic amines) is 1. The number of nitrogens with zero attached hydrogens (tertiary/aromatic N) is 2. The lowest BCUT2D eigenvalue weighted by atomic mass is 10.0. The van der Waals surface area contributed by atoms with Gasteiger partial charge in [-0.15, -0.1) is 0 Å². The van der Waals surface area contributed by atoms with Gasteiger partial charge < -0.3 is 14.4 Å². The van der Waals surface area contributed by atoms with E-state index in [4.69, 9.17) is 14.3 Å². The van der Waals surface area contributed by atoms with Crippen molar-refractivity contribution in [1.29, 1.82) is 0 Å². The average Bonchev–Trinajstić information content (AvgIpc) is 2.96. The van der Waals surface area contributed by atoms with Gasteiger partial charge in [-0.3, -0.25) is 4.84 Å². The number of hydrogen-bond donors (Lipinski definition) is 0. The van der Waals surface area contributed by atoms with Crippen LogP contribution in [0.15, 0.2) is 30.3 Å². The zero-order valence-corrected chi connectivity index (χ0v) is 16.0. The van der Waals surface area contributed by atoms with E-state index in [0.717, 1.165) is 12.8 Å². The van der Waals surface area contributed by atoms with Gasteiger partial charge >= 0.3 is 6.09 Å². The highest BCUT2D eigenvalue weighted by Gasteiger charge is 2.37. The molecule has 2 aliphatic rings. The molecular formula is C20H30N2O4. The molecule has 1 amide bonds. The maximum absolute atomic E-state index is 12.3. The number of rotatable bonds is 3. The lowest BCUT2D eigenvalue weighted by Gasteiger charge is -2.33. The van der Waals surface area contributed by atoms with Gasteiger partial charge in [-0.2, -0.15) is 5.06 Å². The van der Waals surface area contributed by atoms with Crippen LogP contribution >= 0.6 is 0 Å². The summed E-state index contributed by atoms with van der Waals surface area (Å²) in [5.74, 6) is 0. The fraction of sp³-hybridized carbons (Fsp3) is 0.650. The van der Waals surface area contributed by atoms with Crippen molar-refractivity contribution < 1.29 is 19.1 Å². The van der Waals surface area contributed by atoms with E-state index in [1.165, 1.54) is 5.56 Å². The molecule has 2 fully saturated rings. The van der Waals surface area contributed by atoms with Crippen LogP contribution in [0.4, 0.5) is 4.79 Å². The second-order valence-electron chi connectivity index (χ2n) is 7.98. The summed E-state index contributed by atoms with van der Waals surface area (Å²) >= 11 is 0. The van der Waals surface area contributed by atoms with Crippen molar-refractivity contribution >= 4 is 6.09 Å². The fourth-order valence-corrected chi connectivity index (χ4v) is 3.48. The Morgan fingerprint density at radius 3 is 2.73 bits per heavy atom. The van der Waals surface area contributed by atoms with Gasteiger partial charge in [-0.05, 0) is 39.2 Å². The van der Waals surface area contributed by atoms with Crippen molar-refractivity contribution in [1.82, 2.24) is 9.96 Å². The first kappa shape index (κ1) is 19.1. The van der Waals surface area contributed by atoms with Crippen molar-refractivity contribution in [3.05, 3.63) is 35.9 Å². The molecule has 144 valence electrons. The first-order valence-corrected chi connectivity index (χ1v) is 9.43. The van der Waals surface area contributed by atoms with Crippen molar-refractivity contribution in [3.8, 4) is 0 Å². The van der Waals surface area contributed by atoms with E-state index in [-0.39, 0.29) is 18.2 Å². The molecule has 1 aromatic carbocycles. The number of carbonyl (C=O) groups is 1. The van der Waals surface area contributed by atoms with Crippen LogP contribution in [0.3, 0.4) is 0 Å². The fourth-order valence-electron chi connectivity index (χ4n) is 3.48. The summed E-state index contributed by atoms with van der Waals surface area (Å²) in [6, 6.07) is 10.7. The summed E-state index contributed by atoms with van der Waals surface area (Å²) in [6.45, 7) is 8.78. The smallest absolute Gasteiger partial charge is 0.410 e. The molecule has 0 aromatic heterocycles. The second-order valence-corrected chi connectivity index (χ2v) is 7.98. The van der Waals surface area contributed by atoms with Gasteiger partial charge in [0.2, 0.25) is 0 Å². The molecule has 2 unspecified atom stereocenters. The van der Waals surface area contributed by atoms with Gasteiger partial charge in [-0.25, -0.2) is 4.79 Å². The SMILES string of the molecule is CC(C)(C)OC(=O)N1CCC(N2OCCOCC2Cc2ccccc2)C1. The third-order valence-electron chi connectivity index (χ3n) is 4.63. The van der Waals surface area contributed by atoms with E-state index in [9.17, 15) is 4.79 Å². The molecule has 6 nitrogen and oxygen atoms in total. The van der Waals surface area contributed by atoms with Crippen LogP contribution in [-0.2, 0) is 20.7 Å². The molecule has 2 aliphatic heterocycles. The Kier molecular flexibility index (Phi) is 6.16. The van der Waals surface area contributed by atoms with E-state index in [1.807, 2.05) is 26.8 Å². The molecule has 0 spiro atoms. The van der Waals surface area contributed by atoms with E-state index in [1.54, 1.807) is 4.90 Å². The monoisotopic (exact) mass is 362 g/mol. The lowest BCUT2D eigenvalue weighted by molar-refractivity contribution is -0.199. The number of amides is 1. The number of hydrogen-bond acceptors (Lipinski definition) is 5.